The number of Topliss-reactive ketones (excluding diaryl/α,β-unsaturated/α-hetero) is 1. The van der Waals surface area contributed by atoms with Crippen molar-refractivity contribution in [1.29, 1.82) is 0 Å². The number of aliphatic hydroxyl groups excluding tert-OH is 1. The van der Waals surface area contributed by atoms with Crippen molar-refractivity contribution in [2.45, 2.75) is 32.2 Å². The van der Waals surface area contributed by atoms with Gasteiger partial charge in [-0.3, -0.25) is 14.5 Å². The molecule has 0 spiro atoms. The largest absolute Gasteiger partial charge is 0.507 e. The van der Waals surface area contributed by atoms with E-state index in [4.69, 9.17) is 14.2 Å². The van der Waals surface area contributed by atoms with E-state index in [2.05, 4.69) is 11.9 Å². The maximum absolute atomic E-state index is 13.6. The smallest absolute Gasteiger partial charge is 0.301 e. The highest BCUT2D eigenvalue weighted by Gasteiger charge is 2.48. The predicted octanol–water partition coefficient (Wildman–Crippen LogP) is 6.51. The Morgan fingerprint density at radius 3 is 2.40 bits per heavy atom. The van der Waals surface area contributed by atoms with E-state index in [1.807, 2.05) is 30.3 Å². The van der Waals surface area contributed by atoms with Crippen molar-refractivity contribution < 1.29 is 28.9 Å². The number of aliphatic hydroxyl groups is 1. The second-order valence-electron chi connectivity index (χ2n) is 9.36. The summed E-state index contributed by atoms with van der Waals surface area (Å²) in [6.45, 7) is 2.75. The Kier molecular flexibility index (Phi) is 8.02. The molecule has 3 aromatic carbocycles. The number of hydrogen-bond acceptors (Lipinski definition) is 8. The number of aromatic nitrogens is 1. The number of ether oxygens (including phenoxy) is 3. The van der Waals surface area contributed by atoms with E-state index in [0.29, 0.717) is 45.6 Å². The first kappa shape index (κ1) is 27.2. The summed E-state index contributed by atoms with van der Waals surface area (Å²) < 4.78 is 17.3. The molecular formula is C31H30N2O6S. The number of carbonyl (C=O) groups is 2. The highest BCUT2D eigenvalue weighted by atomic mass is 32.1. The number of thiazole rings is 1. The van der Waals surface area contributed by atoms with E-state index in [-0.39, 0.29) is 11.3 Å². The summed E-state index contributed by atoms with van der Waals surface area (Å²) in [6.07, 6.45) is 3.15. The van der Waals surface area contributed by atoms with Gasteiger partial charge in [0.05, 0.1) is 42.7 Å². The Labute approximate surface area is 236 Å². The molecule has 0 saturated carbocycles. The first-order chi connectivity index (χ1) is 19.4. The normalized spacial score (nSPS) is 16.5. The number of nitrogens with zero attached hydrogens (tertiary/aromatic N) is 2. The van der Waals surface area contributed by atoms with Gasteiger partial charge in [0.25, 0.3) is 5.78 Å². The maximum atomic E-state index is 13.6. The number of fused-ring (bicyclic) bond motifs is 1. The minimum atomic E-state index is -0.900. The summed E-state index contributed by atoms with van der Waals surface area (Å²) >= 11 is 1.28. The molecule has 1 amide bonds. The van der Waals surface area contributed by atoms with E-state index in [1.165, 1.54) is 23.3 Å². The maximum Gasteiger partial charge on any atom is 0.301 e. The van der Waals surface area contributed by atoms with E-state index >= 15 is 0 Å². The van der Waals surface area contributed by atoms with Gasteiger partial charge < -0.3 is 19.3 Å². The van der Waals surface area contributed by atoms with Gasteiger partial charge in [-0.2, -0.15) is 0 Å². The molecule has 5 rings (SSSR count). The van der Waals surface area contributed by atoms with Crippen LogP contribution in [-0.2, 0) is 9.59 Å². The lowest BCUT2D eigenvalue weighted by atomic mass is 9.95. The van der Waals surface area contributed by atoms with E-state index < -0.39 is 17.7 Å². The van der Waals surface area contributed by atoms with Crippen molar-refractivity contribution in [3.63, 3.8) is 0 Å². The minimum Gasteiger partial charge on any atom is -0.507 e. The zero-order valence-corrected chi connectivity index (χ0v) is 23.4. The molecule has 8 nitrogen and oxygen atoms in total. The van der Waals surface area contributed by atoms with E-state index in [9.17, 15) is 14.7 Å². The summed E-state index contributed by atoms with van der Waals surface area (Å²) in [5.41, 5.74) is 1.66. The van der Waals surface area contributed by atoms with Crippen LogP contribution in [0.5, 0.6) is 17.2 Å². The second kappa shape index (κ2) is 11.8. The average Bonchev–Trinajstić information content (AvgIpc) is 3.52. The number of amides is 1. The Hall–Kier alpha value is -4.37. The molecule has 206 valence electrons. The Morgan fingerprint density at radius 2 is 1.68 bits per heavy atom. The van der Waals surface area contributed by atoms with Crippen molar-refractivity contribution in [2.75, 3.05) is 25.7 Å². The molecule has 1 aliphatic heterocycles. The van der Waals surface area contributed by atoms with Crippen molar-refractivity contribution in [3.8, 4) is 17.2 Å². The molecular weight excluding hydrogens is 528 g/mol. The fourth-order valence-corrected chi connectivity index (χ4v) is 5.70. The monoisotopic (exact) mass is 558 g/mol. The number of carbonyl (C=O) groups excluding carboxylic acids is 2. The number of benzene rings is 3. The number of unbranched alkanes of at least 4 members (excludes halogenated alkanes) is 2. The number of methoxy groups -OCH3 is 2. The Balaban J connectivity index is 1.61. The van der Waals surface area contributed by atoms with Crippen molar-refractivity contribution in [1.82, 2.24) is 4.98 Å². The lowest BCUT2D eigenvalue weighted by molar-refractivity contribution is -0.132. The molecule has 0 aliphatic carbocycles. The van der Waals surface area contributed by atoms with Crippen LogP contribution in [0.2, 0.25) is 0 Å². The van der Waals surface area contributed by atoms with Gasteiger partial charge in [0.1, 0.15) is 23.0 Å². The third-order valence-electron chi connectivity index (χ3n) is 6.79. The summed E-state index contributed by atoms with van der Waals surface area (Å²) in [5.74, 6) is 0.0277. The fraction of sp³-hybridized carbons (Fsp3) is 0.258. The number of hydrogen-bond donors (Lipinski definition) is 1. The summed E-state index contributed by atoms with van der Waals surface area (Å²) in [5, 5.41) is 11.8. The van der Waals surface area contributed by atoms with Crippen LogP contribution in [0.1, 0.15) is 43.4 Å². The average molecular weight is 559 g/mol. The van der Waals surface area contributed by atoms with Crippen LogP contribution in [0.3, 0.4) is 0 Å². The van der Waals surface area contributed by atoms with Crippen LogP contribution >= 0.6 is 11.3 Å². The fourth-order valence-electron chi connectivity index (χ4n) is 4.68. The second-order valence-corrected chi connectivity index (χ2v) is 10.4. The molecule has 1 fully saturated rings. The van der Waals surface area contributed by atoms with Crippen molar-refractivity contribution in [2.24, 2.45) is 0 Å². The van der Waals surface area contributed by atoms with E-state index in [1.54, 1.807) is 43.5 Å². The standard InChI is InChI=1S/C31H30N2O6S/c1-4-5-6-16-39-21-12-10-19(11-13-21)27-26(28(34)20-8-7-9-22(17-20)37-2)29(35)30(36)33(27)31-32-24-15-14-23(38-3)18-25(24)40-31/h7-15,17-18,27,34H,4-6,16H2,1-3H3/b28-26+. The SMILES string of the molecule is CCCCCOc1ccc(C2/C(=C(\O)c3cccc(OC)c3)C(=O)C(=O)N2c2nc3ccc(OC)cc3s2)cc1. The number of ketones is 1. The molecule has 1 aliphatic rings. The number of anilines is 1. The minimum absolute atomic E-state index is 0.0216. The van der Waals surface area contributed by atoms with Gasteiger partial charge >= 0.3 is 5.91 Å². The van der Waals surface area contributed by atoms with Crippen molar-refractivity contribution >= 4 is 44.1 Å². The van der Waals surface area contributed by atoms with Crippen LogP contribution in [0, 0.1) is 0 Å². The molecule has 0 radical (unpaired) electrons. The van der Waals surface area contributed by atoms with Gasteiger partial charge in [-0.1, -0.05) is 55.4 Å². The van der Waals surface area contributed by atoms with Crippen LogP contribution in [0.15, 0.2) is 72.3 Å². The highest BCUT2D eigenvalue weighted by molar-refractivity contribution is 7.22. The van der Waals surface area contributed by atoms with Gasteiger partial charge in [-0.25, -0.2) is 4.98 Å². The van der Waals surface area contributed by atoms with Gasteiger partial charge in [0, 0.05) is 5.56 Å². The molecule has 1 N–H and O–H groups in total. The molecule has 4 aromatic rings. The highest BCUT2D eigenvalue weighted by Crippen LogP contribution is 2.45. The summed E-state index contributed by atoms with van der Waals surface area (Å²) in [6, 6.07) is 18.5. The Bertz CT molecular complexity index is 1580. The van der Waals surface area contributed by atoms with E-state index in [0.717, 1.165) is 24.0 Å². The molecule has 1 aromatic heterocycles. The lowest BCUT2D eigenvalue weighted by Crippen LogP contribution is -2.29. The molecule has 1 saturated heterocycles. The van der Waals surface area contributed by atoms with Gasteiger partial charge in [0.2, 0.25) is 0 Å². The Morgan fingerprint density at radius 1 is 0.950 bits per heavy atom. The third kappa shape index (κ3) is 5.24. The summed E-state index contributed by atoms with van der Waals surface area (Å²) in [4.78, 5) is 33.1. The first-order valence-corrected chi connectivity index (χ1v) is 13.9. The van der Waals surface area contributed by atoms with Crippen LogP contribution in [-0.4, -0.2) is 42.6 Å². The molecule has 1 unspecified atom stereocenters. The topological polar surface area (TPSA) is 98.2 Å². The molecule has 0 bridgehead atoms. The van der Waals surface area contributed by atoms with Crippen LogP contribution < -0.4 is 19.1 Å². The molecule has 9 heteroatoms. The van der Waals surface area contributed by atoms with Crippen LogP contribution in [0.25, 0.3) is 16.0 Å². The van der Waals surface area contributed by atoms with Crippen LogP contribution in [0.4, 0.5) is 5.13 Å². The van der Waals surface area contributed by atoms with Gasteiger partial charge in [0.15, 0.2) is 5.13 Å². The zero-order valence-electron chi connectivity index (χ0n) is 22.5. The molecule has 2 heterocycles. The quantitative estimate of drug-likeness (QED) is 0.103. The molecule has 40 heavy (non-hydrogen) atoms. The molecule has 1 atom stereocenters. The van der Waals surface area contributed by atoms with Gasteiger partial charge in [-0.05, 0) is 54.4 Å². The lowest BCUT2D eigenvalue weighted by Gasteiger charge is -2.23. The number of rotatable bonds is 10. The zero-order chi connectivity index (χ0) is 28.2. The third-order valence-corrected chi connectivity index (χ3v) is 7.81. The van der Waals surface area contributed by atoms with Crippen molar-refractivity contribution in [3.05, 3.63) is 83.4 Å². The van der Waals surface area contributed by atoms with Gasteiger partial charge in [-0.15, -0.1) is 0 Å². The predicted molar refractivity (Wildman–Crippen MR) is 155 cm³/mol. The first-order valence-electron chi connectivity index (χ1n) is 13.1. The summed E-state index contributed by atoms with van der Waals surface area (Å²) in [7, 11) is 3.10.